The summed E-state index contributed by atoms with van der Waals surface area (Å²) in [4.78, 5) is 12.3. The Morgan fingerprint density at radius 3 is 2.46 bits per heavy atom. The Balaban J connectivity index is 1.79. The van der Waals surface area contributed by atoms with Crippen LogP contribution in [0.15, 0.2) is 23.1 Å². The third-order valence-electron chi connectivity index (χ3n) is 3.98. The second kappa shape index (κ2) is 6.60. The van der Waals surface area contributed by atoms with Gasteiger partial charge in [-0.2, -0.15) is 4.72 Å². The summed E-state index contributed by atoms with van der Waals surface area (Å²) in [6.07, 6.45) is 1.90. The Kier molecular flexibility index (Phi) is 4.69. The first-order valence-electron chi connectivity index (χ1n) is 8.09. The third kappa shape index (κ3) is 3.81. The monoisotopic (exact) mass is 354 g/mol. The van der Waals surface area contributed by atoms with Gasteiger partial charge in [0.15, 0.2) is 11.5 Å². The molecule has 0 aromatic heterocycles. The van der Waals surface area contributed by atoms with Gasteiger partial charge in [0.2, 0.25) is 15.9 Å². The molecular weight excluding hydrogens is 332 g/mol. The zero-order valence-electron chi connectivity index (χ0n) is 13.7. The van der Waals surface area contributed by atoms with Crippen LogP contribution < -0.4 is 19.5 Å². The first kappa shape index (κ1) is 17.0. The zero-order valence-corrected chi connectivity index (χ0v) is 14.6. The molecule has 2 aliphatic rings. The number of benzene rings is 1. The SMILES string of the molecule is CC(C)[C@@H](NS(=O)(=O)c1ccc2c(c1)OCCO2)C(=O)NC1CC1. The summed E-state index contributed by atoms with van der Waals surface area (Å²) in [5.41, 5.74) is 0. The van der Waals surface area contributed by atoms with Gasteiger partial charge in [0, 0.05) is 12.1 Å². The van der Waals surface area contributed by atoms with Gasteiger partial charge < -0.3 is 14.8 Å². The highest BCUT2D eigenvalue weighted by atomic mass is 32.2. The second-order valence-electron chi connectivity index (χ2n) is 6.43. The van der Waals surface area contributed by atoms with Gasteiger partial charge in [0.25, 0.3) is 0 Å². The molecule has 8 heteroatoms. The number of carbonyl (C=O) groups excluding carboxylic acids is 1. The van der Waals surface area contributed by atoms with Crippen LogP contribution in [-0.2, 0) is 14.8 Å². The summed E-state index contributed by atoms with van der Waals surface area (Å²) in [7, 11) is -3.84. The number of hydrogen-bond donors (Lipinski definition) is 2. The maximum atomic E-state index is 12.7. The van der Waals surface area contributed by atoms with Crippen molar-refractivity contribution in [3.63, 3.8) is 0 Å². The van der Waals surface area contributed by atoms with Crippen molar-refractivity contribution < 1.29 is 22.7 Å². The van der Waals surface area contributed by atoms with E-state index in [9.17, 15) is 13.2 Å². The minimum Gasteiger partial charge on any atom is -0.486 e. The van der Waals surface area contributed by atoms with Crippen molar-refractivity contribution in [1.82, 2.24) is 10.0 Å². The number of rotatable bonds is 6. The highest BCUT2D eigenvalue weighted by molar-refractivity contribution is 7.89. The standard InChI is InChI=1S/C16H22N2O5S/c1-10(2)15(16(19)17-11-3-4-11)18-24(20,21)12-5-6-13-14(9-12)23-8-7-22-13/h5-6,9-11,15,18H,3-4,7-8H2,1-2H3,(H,17,19)/t15-/m1/s1. The average Bonchev–Trinajstić information content (AvgIpc) is 3.35. The fraction of sp³-hybridized carbons (Fsp3) is 0.562. The normalized spacial score (nSPS) is 18.3. The van der Waals surface area contributed by atoms with Crippen molar-refractivity contribution in [2.24, 2.45) is 5.92 Å². The second-order valence-corrected chi connectivity index (χ2v) is 8.15. The largest absolute Gasteiger partial charge is 0.486 e. The maximum absolute atomic E-state index is 12.7. The molecule has 1 saturated carbocycles. The average molecular weight is 354 g/mol. The van der Waals surface area contributed by atoms with Gasteiger partial charge >= 0.3 is 0 Å². The van der Waals surface area contributed by atoms with Crippen LogP contribution in [0.4, 0.5) is 0 Å². The Hall–Kier alpha value is -1.80. The molecule has 24 heavy (non-hydrogen) atoms. The van der Waals surface area contributed by atoms with E-state index in [1.165, 1.54) is 12.1 Å². The lowest BCUT2D eigenvalue weighted by molar-refractivity contribution is -0.123. The van der Waals surface area contributed by atoms with Crippen molar-refractivity contribution in [3.05, 3.63) is 18.2 Å². The molecule has 1 aromatic carbocycles. The lowest BCUT2D eigenvalue weighted by Crippen LogP contribution is -2.50. The fourth-order valence-electron chi connectivity index (χ4n) is 2.44. The molecule has 3 rings (SSSR count). The summed E-state index contributed by atoms with van der Waals surface area (Å²) in [6.45, 7) is 4.43. The highest BCUT2D eigenvalue weighted by Gasteiger charge is 2.32. The van der Waals surface area contributed by atoms with Gasteiger partial charge in [0.05, 0.1) is 4.90 Å². The van der Waals surface area contributed by atoms with E-state index in [-0.39, 0.29) is 22.8 Å². The molecule has 1 fully saturated rings. The zero-order chi connectivity index (χ0) is 17.3. The van der Waals surface area contributed by atoms with E-state index >= 15 is 0 Å². The molecule has 1 aliphatic heterocycles. The van der Waals surface area contributed by atoms with E-state index < -0.39 is 16.1 Å². The number of sulfonamides is 1. The van der Waals surface area contributed by atoms with Crippen molar-refractivity contribution in [1.29, 1.82) is 0 Å². The lowest BCUT2D eigenvalue weighted by atomic mass is 10.1. The molecule has 0 radical (unpaired) electrons. The number of nitrogens with one attached hydrogen (secondary N) is 2. The predicted octanol–water partition coefficient (Wildman–Crippen LogP) is 1.04. The van der Waals surface area contributed by atoms with Gasteiger partial charge in [-0.05, 0) is 30.9 Å². The quantitative estimate of drug-likeness (QED) is 0.796. The Morgan fingerprint density at radius 2 is 1.83 bits per heavy atom. The predicted molar refractivity (Wildman–Crippen MR) is 87.5 cm³/mol. The number of ether oxygens (including phenoxy) is 2. The van der Waals surface area contributed by atoms with Crippen LogP contribution in [0.1, 0.15) is 26.7 Å². The lowest BCUT2D eigenvalue weighted by Gasteiger charge is -2.22. The Labute approximate surface area is 141 Å². The minimum absolute atomic E-state index is 0.0524. The molecule has 1 amide bonds. The Morgan fingerprint density at radius 1 is 1.17 bits per heavy atom. The molecular formula is C16H22N2O5S. The van der Waals surface area contributed by atoms with E-state index in [4.69, 9.17) is 9.47 Å². The molecule has 0 bridgehead atoms. The van der Waals surface area contributed by atoms with Crippen molar-refractivity contribution in [2.45, 2.75) is 43.7 Å². The van der Waals surface area contributed by atoms with Gasteiger partial charge in [-0.15, -0.1) is 0 Å². The molecule has 0 saturated heterocycles. The van der Waals surface area contributed by atoms with Crippen molar-refractivity contribution in [3.8, 4) is 11.5 Å². The fourth-order valence-corrected chi connectivity index (χ4v) is 3.80. The summed E-state index contributed by atoms with van der Waals surface area (Å²) in [6, 6.07) is 3.80. The molecule has 7 nitrogen and oxygen atoms in total. The molecule has 1 atom stereocenters. The maximum Gasteiger partial charge on any atom is 0.241 e. The summed E-state index contributed by atoms with van der Waals surface area (Å²) in [5, 5.41) is 2.85. The Bertz CT molecular complexity index is 728. The first-order chi connectivity index (χ1) is 11.4. The molecule has 1 heterocycles. The minimum atomic E-state index is -3.84. The van der Waals surface area contributed by atoms with Crippen molar-refractivity contribution in [2.75, 3.05) is 13.2 Å². The van der Waals surface area contributed by atoms with Gasteiger partial charge in [-0.1, -0.05) is 13.8 Å². The summed E-state index contributed by atoms with van der Waals surface area (Å²) < 4.78 is 38.6. The number of hydrogen-bond acceptors (Lipinski definition) is 5. The van der Waals surface area contributed by atoms with Gasteiger partial charge in [-0.25, -0.2) is 8.42 Å². The highest BCUT2D eigenvalue weighted by Crippen LogP contribution is 2.32. The smallest absolute Gasteiger partial charge is 0.241 e. The third-order valence-corrected chi connectivity index (χ3v) is 5.42. The topological polar surface area (TPSA) is 93.7 Å². The van der Waals surface area contributed by atoms with Gasteiger partial charge in [0.1, 0.15) is 19.3 Å². The summed E-state index contributed by atoms with van der Waals surface area (Å²) in [5.74, 6) is 0.462. The van der Waals surface area contributed by atoms with E-state index in [0.29, 0.717) is 24.7 Å². The van der Waals surface area contributed by atoms with E-state index in [2.05, 4.69) is 10.0 Å². The molecule has 1 aliphatic carbocycles. The van der Waals surface area contributed by atoms with Crippen LogP contribution in [0, 0.1) is 5.92 Å². The van der Waals surface area contributed by atoms with Crippen LogP contribution in [0.3, 0.4) is 0 Å². The number of fused-ring (bicyclic) bond motifs is 1. The van der Waals surface area contributed by atoms with Crippen LogP contribution in [-0.4, -0.2) is 39.6 Å². The van der Waals surface area contributed by atoms with Crippen LogP contribution >= 0.6 is 0 Å². The van der Waals surface area contributed by atoms with E-state index in [1.807, 2.05) is 13.8 Å². The van der Waals surface area contributed by atoms with Crippen LogP contribution in [0.5, 0.6) is 11.5 Å². The van der Waals surface area contributed by atoms with Gasteiger partial charge in [-0.3, -0.25) is 4.79 Å². The number of amides is 1. The number of carbonyl (C=O) groups is 1. The van der Waals surface area contributed by atoms with E-state index in [1.54, 1.807) is 6.07 Å². The van der Waals surface area contributed by atoms with Crippen molar-refractivity contribution >= 4 is 15.9 Å². The van der Waals surface area contributed by atoms with Crippen LogP contribution in [0.25, 0.3) is 0 Å². The molecule has 0 unspecified atom stereocenters. The summed E-state index contributed by atoms with van der Waals surface area (Å²) >= 11 is 0. The molecule has 0 spiro atoms. The first-order valence-corrected chi connectivity index (χ1v) is 9.57. The molecule has 2 N–H and O–H groups in total. The van der Waals surface area contributed by atoms with E-state index in [0.717, 1.165) is 12.8 Å². The molecule has 132 valence electrons. The van der Waals surface area contributed by atoms with Crippen LogP contribution in [0.2, 0.25) is 0 Å². The molecule has 1 aromatic rings.